The van der Waals surface area contributed by atoms with Crippen LogP contribution in [-0.2, 0) is 15.7 Å². The lowest BCUT2D eigenvalue weighted by molar-refractivity contribution is -0.143. The lowest BCUT2D eigenvalue weighted by atomic mass is 9.90. The molecule has 2 unspecified atom stereocenters. The highest BCUT2D eigenvalue weighted by Crippen LogP contribution is 2.32. The number of benzene rings is 1. The van der Waals surface area contributed by atoms with Crippen LogP contribution < -0.4 is 10.6 Å². The van der Waals surface area contributed by atoms with E-state index in [0.29, 0.717) is 32.5 Å². The Morgan fingerprint density at radius 1 is 1.29 bits per heavy atom. The van der Waals surface area contributed by atoms with Crippen molar-refractivity contribution < 1.29 is 22.7 Å². The third kappa shape index (κ3) is 5.12. The molecule has 0 amide bonds. The van der Waals surface area contributed by atoms with Crippen molar-refractivity contribution in [3.8, 4) is 0 Å². The average molecular weight is 344 g/mol. The lowest BCUT2D eigenvalue weighted by Gasteiger charge is -2.38. The second-order valence-electron chi connectivity index (χ2n) is 6.16. The fraction of sp³-hybridized carbons (Fsp3) is 0.588. The summed E-state index contributed by atoms with van der Waals surface area (Å²) >= 11 is 0. The summed E-state index contributed by atoms with van der Waals surface area (Å²) in [6.07, 6.45) is -2.52. The molecule has 0 bridgehead atoms. The molecule has 1 aliphatic rings. The van der Waals surface area contributed by atoms with Crippen LogP contribution in [0.2, 0.25) is 0 Å². The largest absolute Gasteiger partial charge is 0.466 e. The molecule has 1 saturated heterocycles. The number of hydrogen-bond donors (Lipinski definition) is 1. The number of anilines is 1. The van der Waals surface area contributed by atoms with Gasteiger partial charge in [-0.25, -0.2) is 0 Å². The maximum atomic E-state index is 12.6. The third-order valence-corrected chi connectivity index (χ3v) is 4.19. The smallest absolute Gasteiger partial charge is 0.416 e. The summed E-state index contributed by atoms with van der Waals surface area (Å²) in [5.74, 6) is -0.00169. The van der Waals surface area contributed by atoms with Crippen LogP contribution in [0, 0.1) is 5.92 Å². The zero-order chi connectivity index (χ0) is 17.7. The highest BCUT2D eigenvalue weighted by molar-refractivity contribution is 5.69. The molecular weight excluding hydrogens is 321 g/mol. The van der Waals surface area contributed by atoms with E-state index in [9.17, 15) is 18.0 Å². The first-order chi connectivity index (χ1) is 11.3. The SMILES string of the molecule is CCOC(=O)CCC1CC(N)CN(c2ccc(C(F)(F)F)cc2)C1. The van der Waals surface area contributed by atoms with Gasteiger partial charge in [0.15, 0.2) is 0 Å². The summed E-state index contributed by atoms with van der Waals surface area (Å²) in [4.78, 5) is 13.5. The number of nitrogens with zero attached hydrogens (tertiary/aromatic N) is 1. The van der Waals surface area contributed by atoms with E-state index in [1.165, 1.54) is 12.1 Å². The van der Waals surface area contributed by atoms with E-state index in [0.717, 1.165) is 24.2 Å². The molecule has 1 aromatic rings. The Morgan fingerprint density at radius 3 is 2.54 bits per heavy atom. The molecule has 2 rings (SSSR count). The quantitative estimate of drug-likeness (QED) is 0.834. The first kappa shape index (κ1) is 18.6. The standard InChI is InChI=1S/C17H23F3N2O2/c1-2-24-16(23)8-3-12-9-14(21)11-22(10-12)15-6-4-13(5-7-15)17(18,19)20/h4-7,12,14H,2-3,8-11,21H2,1H3. The van der Waals surface area contributed by atoms with Gasteiger partial charge in [0.25, 0.3) is 0 Å². The van der Waals surface area contributed by atoms with E-state index in [2.05, 4.69) is 0 Å². The number of piperidine rings is 1. The molecule has 0 aliphatic carbocycles. The van der Waals surface area contributed by atoms with Gasteiger partial charge in [0.1, 0.15) is 0 Å². The van der Waals surface area contributed by atoms with E-state index in [1.807, 2.05) is 4.90 Å². The summed E-state index contributed by atoms with van der Waals surface area (Å²) in [5, 5.41) is 0. The van der Waals surface area contributed by atoms with Crippen molar-refractivity contribution in [2.24, 2.45) is 11.7 Å². The van der Waals surface area contributed by atoms with Crippen molar-refractivity contribution in [3.05, 3.63) is 29.8 Å². The minimum atomic E-state index is -4.33. The van der Waals surface area contributed by atoms with Crippen LogP contribution in [0.25, 0.3) is 0 Å². The van der Waals surface area contributed by atoms with Gasteiger partial charge < -0.3 is 15.4 Å². The molecule has 0 radical (unpaired) electrons. The molecule has 1 aliphatic heterocycles. The molecule has 1 heterocycles. The minimum absolute atomic E-state index is 0.0618. The number of nitrogens with two attached hydrogens (primary N) is 1. The second-order valence-corrected chi connectivity index (χ2v) is 6.16. The van der Waals surface area contributed by atoms with Gasteiger partial charge in [-0.3, -0.25) is 4.79 Å². The van der Waals surface area contributed by atoms with Crippen molar-refractivity contribution in [2.75, 3.05) is 24.6 Å². The molecule has 7 heteroatoms. The lowest BCUT2D eigenvalue weighted by Crippen LogP contribution is -2.47. The number of hydrogen-bond acceptors (Lipinski definition) is 4. The molecule has 0 aromatic heterocycles. The minimum Gasteiger partial charge on any atom is -0.466 e. The second kappa shape index (κ2) is 7.88. The van der Waals surface area contributed by atoms with Gasteiger partial charge in [-0.05, 0) is 49.9 Å². The Kier molecular flexibility index (Phi) is 6.10. The number of carbonyl (C=O) groups is 1. The van der Waals surface area contributed by atoms with E-state index in [1.54, 1.807) is 6.92 Å². The Labute approximate surface area is 139 Å². The molecule has 134 valence electrons. The summed E-state index contributed by atoms with van der Waals surface area (Å²) < 4.78 is 42.9. The number of carbonyl (C=O) groups excluding carboxylic acids is 1. The Hall–Kier alpha value is -1.76. The van der Waals surface area contributed by atoms with Gasteiger partial charge >= 0.3 is 12.1 Å². The predicted molar refractivity (Wildman–Crippen MR) is 85.6 cm³/mol. The van der Waals surface area contributed by atoms with E-state index in [4.69, 9.17) is 10.5 Å². The zero-order valence-electron chi connectivity index (χ0n) is 13.7. The summed E-state index contributed by atoms with van der Waals surface area (Å²) in [6.45, 7) is 3.40. The molecule has 4 nitrogen and oxygen atoms in total. The van der Waals surface area contributed by atoms with Crippen LogP contribution in [0.3, 0.4) is 0 Å². The first-order valence-corrected chi connectivity index (χ1v) is 8.13. The molecule has 0 saturated carbocycles. The van der Waals surface area contributed by atoms with Crippen LogP contribution >= 0.6 is 0 Å². The molecule has 24 heavy (non-hydrogen) atoms. The van der Waals surface area contributed by atoms with Crippen LogP contribution in [0.1, 0.15) is 31.7 Å². The molecule has 0 spiro atoms. The van der Waals surface area contributed by atoms with Gasteiger partial charge in [-0.15, -0.1) is 0 Å². The average Bonchev–Trinajstić information content (AvgIpc) is 2.52. The maximum absolute atomic E-state index is 12.6. The van der Waals surface area contributed by atoms with Crippen LogP contribution in [0.5, 0.6) is 0 Å². The summed E-state index contributed by atoms with van der Waals surface area (Å²) in [7, 11) is 0. The van der Waals surface area contributed by atoms with E-state index >= 15 is 0 Å². The van der Waals surface area contributed by atoms with Gasteiger partial charge in [0, 0.05) is 31.2 Å². The zero-order valence-corrected chi connectivity index (χ0v) is 13.7. The molecule has 2 atom stereocenters. The van der Waals surface area contributed by atoms with Crippen molar-refractivity contribution in [1.29, 1.82) is 0 Å². The van der Waals surface area contributed by atoms with Gasteiger partial charge in [0.05, 0.1) is 12.2 Å². The van der Waals surface area contributed by atoms with Crippen molar-refractivity contribution >= 4 is 11.7 Å². The van der Waals surface area contributed by atoms with Crippen LogP contribution in [0.4, 0.5) is 18.9 Å². The van der Waals surface area contributed by atoms with Gasteiger partial charge in [0.2, 0.25) is 0 Å². The number of alkyl halides is 3. The predicted octanol–water partition coefficient (Wildman–Crippen LogP) is 3.20. The maximum Gasteiger partial charge on any atom is 0.416 e. The number of ether oxygens (including phenoxy) is 1. The first-order valence-electron chi connectivity index (χ1n) is 8.13. The summed E-state index contributed by atoms with van der Waals surface area (Å²) in [5.41, 5.74) is 6.14. The summed E-state index contributed by atoms with van der Waals surface area (Å²) in [6, 6.07) is 5.06. The number of rotatable bonds is 5. The Bertz CT molecular complexity index is 546. The van der Waals surface area contributed by atoms with Crippen LogP contribution in [-0.4, -0.2) is 31.7 Å². The Balaban J connectivity index is 1.98. The van der Waals surface area contributed by atoms with Crippen molar-refractivity contribution in [1.82, 2.24) is 0 Å². The van der Waals surface area contributed by atoms with Crippen molar-refractivity contribution in [2.45, 2.75) is 38.4 Å². The van der Waals surface area contributed by atoms with E-state index in [-0.39, 0.29) is 17.9 Å². The topological polar surface area (TPSA) is 55.6 Å². The monoisotopic (exact) mass is 344 g/mol. The molecule has 2 N–H and O–H groups in total. The Morgan fingerprint density at radius 2 is 1.96 bits per heavy atom. The van der Waals surface area contributed by atoms with Gasteiger partial charge in [-0.2, -0.15) is 13.2 Å². The molecule has 1 fully saturated rings. The van der Waals surface area contributed by atoms with Crippen LogP contribution in [0.15, 0.2) is 24.3 Å². The highest BCUT2D eigenvalue weighted by atomic mass is 19.4. The van der Waals surface area contributed by atoms with E-state index < -0.39 is 11.7 Å². The van der Waals surface area contributed by atoms with Gasteiger partial charge in [-0.1, -0.05) is 0 Å². The highest BCUT2D eigenvalue weighted by Gasteiger charge is 2.31. The number of esters is 1. The molecular formula is C17H23F3N2O2. The fourth-order valence-corrected chi connectivity index (χ4v) is 3.08. The number of halogens is 3. The normalized spacial score (nSPS) is 21.6. The van der Waals surface area contributed by atoms with Crippen molar-refractivity contribution in [3.63, 3.8) is 0 Å². The third-order valence-electron chi connectivity index (χ3n) is 4.19. The molecule has 1 aromatic carbocycles. The fourth-order valence-electron chi connectivity index (χ4n) is 3.08.